The lowest BCUT2D eigenvalue weighted by Gasteiger charge is -2.29. The molecule has 5 atom stereocenters. The lowest BCUT2D eigenvalue weighted by molar-refractivity contribution is -0.144. The van der Waals surface area contributed by atoms with E-state index in [1.807, 2.05) is 37.7 Å². The van der Waals surface area contributed by atoms with Crippen LogP contribution in [0.15, 0.2) is 35.2 Å². The molecule has 2 aromatic carbocycles. The van der Waals surface area contributed by atoms with Gasteiger partial charge in [0, 0.05) is 34.2 Å². The quantitative estimate of drug-likeness (QED) is 0.428. The molecule has 0 aromatic heterocycles. The zero-order valence-corrected chi connectivity index (χ0v) is 22.6. The Morgan fingerprint density at radius 2 is 2.11 bits per heavy atom. The van der Waals surface area contributed by atoms with Gasteiger partial charge in [-0.1, -0.05) is 24.3 Å². The highest BCUT2D eigenvalue weighted by Gasteiger charge is 2.74. The molecule has 2 aromatic rings. The molecule has 0 saturated heterocycles. The molecule has 194 valence electrons. The van der Waals surface area contributed by atoms with Crippen LogP contribution in [0, 0.1) is 12.3 Å². The van der Waals surface area contributed by atoms with Gasteiger partial charge in [0.05, 0.1) is 18.8 Å². The zero-order valence-electron chi connectivity index (χ0n) is 21.8. The fraction of sp³-hybridized carbons (Fsp3) is 0.552. The first-order valence-corrected chi connectivity index (χ1v) is 13.8. The van der Waals surface area contributed by atoms with Gasteiger partial charge in [-0.2, -0.15) is 0 Å². The Balaban J connectivity index is 1.16. The van der Waals surface area contributed by atoms with Crippen LogP contribution in [0.5, 0.6) is 5.75 Å². The molecule has 1 fully saturated rings. The van der Waals surface area contributed by atoms with E-state index in [1.165, 1.54) is 21.8 Å². The van der Waals surface area contributed by atoms with E-state index in [-0.39, 0.29) is 30.3 Å². The highest BCUT2D eigenvalue weighted by molar-refractivity contribution is 7.99. The molecule has 1 aliphatic carbocycles. The zero-order chi connectivity index (χ0) is 25.8. The van der Waals surface area contributed by atoms with Crippen molar-refractivity contribution in [1.29, 1.82) is 0 Å². The van der Waals surface area contributed by atoms with Crippen molar-refractivity contribution < 1.29 is 24.5 Å². The number of ether oxygens (including phenoxy) is 2. The van der Waals surface area contributed by atoms with Gasteiger partial charge in [-0.15, -0.1) is 11.8 Å². The number of carboxylic acids is 1. The number of carboxylic acid groups (broad SMARTS) is 1. The number of hydrogen-bond donors (Lipinski definition) is 3. The van der Waals surface area contributed by atoms with Gasteiger partial charge in [-0.25, -0.2) is 0 Å². The van der Waals surface area contributed by atoms with Crippen molar-refractivity contribution in [2.75, 3.05) is 18.9 Å². The molecule has 36 heavy (non-hydrogen) atoms. The summed E-state index contributed by atoms with van der Waals surface area (Å²) in [6, 6.07) is 10.8. The highest BCUT2D eigenvalue weighted by Crippen LogP contribution is 2.68. The number of benzene rings is 2. The maximum Gasteiger partial charge on any atom is 0.313 e. The standard InChI is InChI=1S/C29H37NO5S/c1-16-6-8-21(23-24-26(35-25(16)23)29(24,5)27(32)33)17(2)34-15-20(31)14-30-28(3,4)13-18-7-9-22-19(12-18)10-11-36-22/h6-9,12,17,20,24,26,30-31H,10-11,13-15H2,1-5H3,(H,32,33)/t17-,20-,24-,26+,29+/m1/s1. The SMILES string of the molecule is Cc1ccc([C@@H](C)OC[C@H](O)CNC(C)(C)Cc2ccc3c(c2)CCS3)c2c1O[C@H]1[C@@H]2[C@]1(C)C(=O)O. The van der Waals surface area contributed by atoms with E-state index in [2.05, 4.69) is 37.4 Å². The number of carbonyl (C=O) groups is 1. The van der Waals surface area contributed by atoms with Crippen molar-refractivity contribution in [3.63, 3.8) is 0 Å². The summed E-state index contributed by atoms with van der Waals surface area (Å²) in [6.45, 7) is 10.6. The van der Waals surface area contributed by atoms with Gasteiger partial charge in [0.2, 0.25) is 0 Å². The number of aliphatic carboxylic acids is 1. The predicted octanol–water partition coefficient (Wildman–Crippen LogP) is 4.64. The van der Waals surface area contributed by atoms with Gasteiger partial charge in [0.25, 0.3) is 0 Å². The Bertz CT molecular complexity index is 1180. The molecule has 3 N–H and O–H groups in total. The number of aryl methyl sites for hydroxylation is 2. The first-order chi connectivity index (χ1) is 17.0. The van der Waals surface area contributed by atoms with E-state index in [0.29, 0.717) is 6.54 Å². The average molecular weight is 512 g/mol. The van der Waals surface area contributed by atoms with Crippen LogP contribution in [0.1, 0.15) is 67.5 Å². The second-order valence-electron chi connectivity index (χ2n) is 11.4. The van der Waals surface area contributed by atoms with Crippen molar-refractivity contribution in [2.24, 2.45) is 5.41 Å². The smallest absolute Gasteiger partial charge is 0.313 e. The summed E-state index contributed by atoms with van der Waals surface area (Å²) in [5, 5.41) is 23.9. The molecule has 0 bridgehead atoms. The molecule has 1 saturated carbocycles. The molecular formula is C29H37NO5S. The van der Waals surface area contributed by atoms with Crippen LogP contribution < -0.4 is 10.1 Å². The lowest BCUT2D eigenvalue weighted by atomic mass is 9.92. The van der Waals surface area contributed by atoms with Crippen molar-refractivity contribution in [3.05, 3.63) is 58.1 Å². The number of nitrogens with one attached hydrogen (secondary N) is 1. The second kappa shape index (κ2) is 9.35. The van der Waals surface area contributed by atoms with Crippen molar-refractivity contribution in [3.8, 4) is 5.75 Å². The van der Waals surface area contributed by atoms with Crippen LogP contribution in [0.3, 0.4) is 0 Å². The second-order valence-corrected chi connectivity index (χ2v) is 12.6. The summed E-state index contributed by atoms with van der Waals surface area (Å²) >= 11 is 1.93. The molecule has 0 amide bonds. The lowest BCUT2D eigenvalue weighted by Crippen LogP contribution is -2.46. The molecular weight excluding hydrogens is 474 g/mol. The van der Waals surface area contributed by atoms with Crippen LogP contribution in [0.25, 0.3) is 0 Å². The molecule has 3 aliphatic rings. The monoisotopic (exact) mass is 511 g/mol. The van der Waals surface area contributed by atoms with Gasteiger partial charge in [-0.05, 0) is 75.8 Å². The normalized spacial score (nSPS) is 25.5. The Labute approximate surface area is 217 Å². The Morgan fingerprint density at radius 3 is 2.86 bits per heavy atom. The molecule has 0 unspecified atom stereocenters. The maximum atomic E-state index is 11.9. The molecule has 7 heteroatoms. The van der Waals surface area contributed by atoms with Crippen molar-refractivity contribution >= 4 is 17.7 Å². The Hall–Kier alpha value is -2.06. The van der Waals surface area contributed by atoms with Crippen LogP contribution in [-0.4, -0.2) is 52.8 Å². The molecule has 6 nitrogen and oxygen atoms in total. The Kier molecular flexibility index (Phi) is 6.65. The third kappa shape index (κ3) is 4.55. The summed E-state index contributed by atoms with van der Waals surface area (Å²) < 4.78 is 12.1. The number of rotatable bonds is 10. The fourth-order valence-electron chi connectivity index (χ4n) is 5.77. The maximum absolute atomic E-state index is 11.9. The first kappa shape index (κ1) is 25.6. The van der Waals surface area contributed by atoms with Gasteiger partial charge in [0.15, 0.2) is 0 Å². The summed E-state index contributed by atoms with van der Waals surface area (Å²) in [6.07, 6.45) is 0.764. The van der Waals surface area contributed by atoms with Crippen LogP contribution in [-0.2, 0) is 22.4 Å². The largest absolute Gasteiger partial charge is 0.488 e. The average Bonchev–Trinajstić information content (AvgIpc) is 3.17. The summed E-state index contributed by atoms with van der Waals surface area (Å²) in [4.78, 5) is 13.3. The fourth-order valence-corrected chi connectivity index (χ4v) is 6.83. The number of aliphatic hydroxyl groups is 1. The molecule has 0 spiro atoms. The van der Waals surface area contributed by atoms with Crippen molar-refractivity contribution in [1.82, 2.24) is 5.32 Å². The number of β-amino-alcohol motifs (C(OH)–C–C–N with tert-alkyl or cyclic N) is 1. The first-order valence-electron chi connectivity index (χ1n) is 12.8. The summed E-state index contributed by atoms with van der Waals surface area (Å²) in [7, 11) is 0. The van der Waals surface area contributed by atoms with E-state index >= 15 is 0 Å². The van der Waals surface area contributed by atoms with Gasteiger partial charge < -0.3 is 25.0 Å². The van der Waals surface area contributed by atoms with Gasteiger partial charge >= 0.3 is 5.97 Å². The molecule has 5 rings (SSSR count). The van der Waals surface area contributed by atoms with Crippen molar-refractivity contribution in [2.45, 2.75) is 82.1 Å². The van der Waals surface area contributed by atoms with E-state index < -0.39 is 17.5 Å². The number of aliphatic hydroxyl groups excluding tert-OH is 1. The molecule has 2 aliphatic heterocycles. The number of thioether (sulfide) groups is 1. The van der Waals surface area contributed by atoms with Gasteiger partial charge in [0.1, 0.15) is 17.3 Å². The van der Waals surface area contributed by atoms with E-state index in [9.17, 15) is 15.0 Å². The Morgan fingerprint density at radius 1 is 1.33 bits per heavy atom. The third-order valence-electron chi connectivity index (χ3n) is 8.07. The van der Waals surface area contributed by atoms with E-state index in [0.717, 1.165) is 35.3 Å². The molecule has 2 heterocycles. The summed E-state index contributed by atoms with van der Waals surface area (Å²) in [5.74, 6) is 0.984. The number of fused-ring (bicyclic) bond motifs is 4. The van der Waals surface area contributed by atoms with E-state index in [1.54, 1.807) is 6.92 Å². The van der Waals surface area contributed by atoms with Crippen LogP contribution in [0.4, 0.5) is 0 Å². The number of hydrogen-bond acceptors (Lipinski definition) is 6. The van der Waals surface area contributed by atoms with Crippen LogP contribution in [0.2, 0.25) is 0 Å². The van der Waals surface area contributed by atoms with Crippen LogP contribution >= 0.6 is 11.8 Å². The molecule has 0 radical (unpaired) electrons. The third-order valence-corrected chi connectivity index (χ3v) is 9.18. The topological polar surface area (TPSA) is 88.0 Å². The van der Waals surface area contributed by atoms with E-state index in [4.69, 9.17) is 9.47 Å². The predicted molar refractivity (Wildman–Crippen MR) is 141 cm³/mol. The summed E-state index contributed by atoms with van der Waals surface area (Å²) in [5.41, 5.74) is 4.63. The minimum Gasteiger partial charge on any atom is -0.488 e. The van der Waals surface area contributed by atoms with Gasteiger partial charge in [-0.3, -0.25) is 4.79 Å². The highest BCUT2D eigenvalue weighted by atomic mass is 32.2. The minimum atomic E-state index is -0.887. The minimum absolute atomic E-state index is 0.156.